The highest BCUT2D eigenvalue weighted by atomic mass is 16.5. The molecule has 1 aromatic carbocycles. The number of rotatable bonds is 6. The Hall–Kier alpha value is -2.10. The first kappa shape index (κ1) is 18.2. The van der Waals surface area contributed by atoms with Gasteiger partial charge in [0.05, 0.1) is 5.69 Å². The molecule has 0 atom stereocenters. The maximum absolute atomic E-state index is 12.5. The standard InChI is InChI=1S/C20H28N2O2/c1-13(2)10-11-18-16(5)21-22(17(18)6)19(23)12-24-20-14(3)8-7-9-15(20)4/h7-9,13H,10-12H2,1-6H3. The lowest BCUT2D eigenvalue weighted by molar-refractivity contribution is 0.0817. The van der Waals surface area contributed by atoms with Gasteiger partial charge >= 0.3 is 0 Å². The van der Waals surface area contributed by atoms with Gasteiger partial charge in [0.15, 0.2) is 6.61 Å². The average Bonchev–Trinajstić information content (AvgIpc) is 2.79. The van der Waals surface area contributed by atoms with Gasteiger partial charge < -0.3 is 4.74 Å². The average molecular weight is 328 g/mol. The van der Waals surface area contributed by atoms with Crippen LogP contribution in [-0.2, 0) is 6.42 Å². The Labute approximate surface area is 144 Å². The molecule has 0 N–H and O–H groups in total. The summed E-state index contributed by atoms with van der Waals surface area (Å²) in [6.45, 7) is 12.3. The third kappa shape index (κ3) is 4.05. The smallest absolute Gasteiger partial charge is 0.284 e. The molecular formula is C20H28N2O2. The maximum atomic E-state index is 12.5. The van der Waals surface area contributed by atoms with Crippen LogP contribution in [0.4, 0.5) is 0 Å². The van der Waals surface area contributed by atoms with E-state index in [1.165, 1.54) is 10.2 Å². The number of ether oxygens (including phenoxy) is 1. The van der Waals surface area contributed by atoms with Gasteiger partial charge in [-0.05, 0) is 63.1 Å². The van der Waals surface area contributed by atoms with Crippen LogP contribution in [0.1, 0.15) is 53.1 Å². The topological polar surface area (TPSA) is 44.1 Å². The van der Waals surface area contributed by atoms with E-state index in [0.717, 1.165) is 41.1 Å². The molecule has 4 heteroatoms. The normalized spacial score (nSPS) is 11.1. The van der Waals surface area contributed by atoms with Crippen LogP contribution in [0.3, 0.4) is 0 Å². The summed E-state index contributed by atoms with van der Waals surface area (Å²) in [6.07, 6.45) is 2.06. The largest absolute Gasteiger partial charge is 0.483 e. The highest BCUT2D eigenvalue weighted by Crippen LogP contribution is 2.22. The Morgan fingerprint density at radius 2 is 1.79 bits per heavy atom. The van der Waals surface area contributed by atoms with Crippen LogP contribution < -0.4 is 4.74 Å². The number of nitrogens with zero attached hydrogens (tertiary/aromatic N) is 2. The Bertz CT molecular complexity index is 709. The van der Waals surface area contributed by atoms with Gasteiger partial charge in [0, 0.05) is 5.69 Å². The van der Waals surface area contributed by atoms with E-state index in [2.05, 4.69) is 18.9 Å². The van der Waals surface area contributed by atoms with E-state index >= 15 is 0 Å². The van der Waals surface area contributed by atoms with Crippen LogP contribution in [0.15, 0.2) is 18.2 Å². The lowest BCUT2D eigenvalue weighted by Gasteiger charge is -2.11. The number of carbonyl (C=O) groups excluding carboxylic acids is 1. The summed E-state index contributed by atoms with van der Waals surface area (Å²) in [7, 11) is 0. The van der Waals surface area contributed by atoms with Crippen molar-refractivity contribution in [2.24, 2.45) is 5.92 Å². The highest BCUT2D eigenvalue weighted by molar-refractivity contribution is 5.80. The molecule has 0 unspecified atom stereocenters. The van der Waals surface area contributed by atoms with Crippen molar-refractivity contribution in [2.45, 2.75) is 54.4 Å². The first-order valence-corrected chi connectivity index (χ1v) is 8.58. The second kappa shape index (κ2) is 7.65. The van der Waals surface area contributed by atoms with Crippen molar-refractivity contribution >= 4 is 5.91 Å². The van der Waals surface area contributed by atoms with E-state index < -0.39 is 0 Å². The van der Waals surface area contributed by atoms with Crippen molar-refractivity contribution in [1.29, 1.82) is 0 Å². The Balaban J connectivity index is 2.11. The number of hydrogen-bond donors (Lipinski definition) is 0. The second-order valence-electron chi connectivity index (χ2n) is 6.90. The van der Waals surface area contributed by atoms with Crippen LogP contribution in [0.25, 0.3) is 0 Å². The van der Waals surface area contributed by atoms with Crippen molar-refractivity contribution in [2.75, 3.05) is 6.61 Å². The molecule has 0 saturated carbocycles. The van der Waals surface area contributed by atoms with Gasteiger partial charge in [-0.2, -0.15) is 5.10 Å². The highest BCUT2D eigenvalue weighted by Gasteiger charge is 2.17. The van der Waals surface area contributed by atoms with E-state index in [0.29, 0.717) is 5.92 Å². The van der Waals surface area contributed by atoms with E-state index in [4.69, 9.17) is 4.74 Å². The fraction of sp³-hybridized carbons (Fsp3) is 0.500. The summed E-state index contributed by atoms with van der Waals surface area (Å²) in [5, 5.41) is 4.43. The van der Waals surface area contributed by atoms with Crippen LogP contribution in [0, 0.1) is 33.6 Å². The first-order chi connectivity index (χ1) is 11.3. The number of aryl methyl sites for hydroxylation is 3. The molecule has 0 amide bonds. The van der Waals surface area contributed by atoms with Gasteiger partial charge in [0.25, 0.3) is 5.91 Å². The fourth-order valence-corrected chi connectivity index (χ4v) is 2.93. The molecule has 0 aliphatic carbocycles. The van der Waals surface area contributed by atoms with Crippen molar-refractivity contribution in [3.63, 3.8) is 0 Å². The van der Waals surface area contributed by atoms with E-state index in [1.807, 2.05) is 45.9 Å². The predicted molar refractivity (Wildman–Crippen MR) is 96.9 cm³/mol. The number of carbonyl (C=O) groups is 1. The van der Waals surface area contributed by atoms with E-state index in [9.17, 15) is 4.79 Å². The number of aromatic nitrogens is 2. The quantitative estimate of drug-likeness (QED) is 0.788. The molecule has 0 bridgehead atoms. The molecule has 2 rings (SSSR count). The van der Waals surface area contributed by atoms with Gasteiger partial charge in [-0.15, -0.1) is 0 Å². The van der Waals surface area contributed by atoms with Gasteiger partial charge in [0.2, 0.25) is 0 Å². The minimum Gasteiger partial charge on any atom is -0.483 e. The second-order valence-corrected chi connectivity index (χ2v) is 6.90. The van der Waals surface area contributed by atoms with Crippen molar-refractivity contribution in [3.8, 4) is 5.75 Å². The number of para-hydroxylation sites is 1. The van der Waals surface area contributed by atoms with Crippen LogP contribution in [-0.4, -0.2) is 22.3 Å². The fourth-order valence-electron chi connectivity index (χ4n) is 2.93. The van der Waals surface area contributed by atoms with E-state index in [-0.39, 0.29) is 12.5 Å². The molecule has 0 spiro atoms. The molecule has 0 fully saturated rings. The number of hydrogen-bond acceptors (Lipinski definition) is 3. The van der Waals surface area contributed by atoms with Crippen LogP contribution >= 0.6 is 0 Å². The lowest BCUT2D eigenvalue weighted by Crippen LogP contribution is -2.22. The zero-order valence-corrected chi connectivity index (χ0v) is 15.6. The molecule has 4 nitrogen and oxygen atoms in total. The molecule has 1 aromatic heterocycles. The summed E-state index contributed by atoms with van der Waals surface area (Å²) in [6, 6.07) is 5.96. The molecule has 2 aromatic rings. The summed E-state index contributed by atoms with van der Waals surface area (Å²) in [5.74, 6) is 1.29. The monoisotopic (exact) mass is 328 g/mol. The minimum atomic E-state index is -0.131. The Morgan fingerprint density at radius 3 is 2.38 bits per heavy atom. The van der Waals surface area contributed by atoms with Crippen LogP contribution in [0.5, 0.6) is 5.75 Å². The third-order valence-corrected chi connectivity index (χ3v) is 4.40. The Kier molecular flexibility index (Phi) is 5.81. The van der Waals surface area contributed by atoms with Crippen molar-refractivity contribution in [1.82, 2.24) is 9.78 Å². The molecule has 24 heavy (non-hydrogen) atoms. The van der Waals surface area contributed by atoms with Crippen LogP contribution in [0.2, 0.25) is 0 Å². The number of benzene rings is 1. The van der Waals surface area contributed by atoms with Crippen molar-refractivity contribution in [3.05, 3.63) is 46.3 Å². The van der Waals surface area contributed by atoms with E-state index in [1.54, 1.807) is 0 Å². The summed E-state index contributed by atoms with van der Waals surface area (Å²) in [4.78, 5) is 12.5. The molecule has 0 aliphatic heterocycles. The van der Waals surface area contributed by atoms with Crippen molar-refractivity contribution < 1.29 is 9.53 Å². The molecular weight excluding hydrogens is 300 g/mol. The first-order valence-electron chi connectivity index (χ1n) is 8.58. The molecule has 130 valence electrons. The van der Waals surface area contributed by atoms with Gasteiger partial charge in [0.1, 0.15) is 5.75 Å². The van der Waals surface area contributed by atoms with Gasteiger partial charge in [-0.25, -0.2) is 4.68 Å². The Morgan fingerprint density at radius 1 is 1.17 bits per heavy atom. The lowest BCUT2D eigenvalue weighted by atomic mass is 10.0. The third-order valence-electron chi connectivity index (χ3n) is 4.40. The van der Waals surface area contributed by atoms with Gasteiger partial charge in [-0.1, -0.05) is 32.0 Å². The predicted octanol–water partition coefficient (Wildman–Crippen LogP) is 4.42. The summed E-state index contributed by atoms with van der Waals surface area (Å²) >= 11 is 0. The zero-order chi connectivity index (χ0) is 17.9. The summed E-state index contributed by atoms with van der Waals surface area (Å²) in [5.41, 5.74) is 5.13. The molecule has 1 heterocycles. The van der Waals surface area contributed by atoms with Gasteiger partial charge in [-0.3, -0.25) is 4.79 Å². The maximum Gasteiger partial charge on any atom is 0.284 e. The summed E-state index contributed by atoms with van der Waals surface area (Å²) < 4.78 is 7.27. The minimum absolute atomic E-state index is 0.00270. The molecule has 0 radical (unpaired) electrons. The molecule has 0 aliphatic rings. The molecule has 0 saturated heterocycles. The SMILES string of the molecule is Cc1cccc(C)c1OCC(=O)n1nc(C)c(CCC(C)C)c1C. The zero-order valence-electron chi connectivity index (χ0n) is 15.6.